The zero-order valence-electron chi connectivity index (χ0n) is 10.6. The first kappa shape index (κ1) is 12.3. The van der Waals surface area contributed by atoms with Gasteiger partial charge in [0.15, 0.2) is 0 Å². The molecule has 1 atom stereocenters. The third-order valence-corrected chi connectivity index (χ3v) is 3.61. The van der Waals surface area contributed by atoms with Crippen molar-refractivity contribution >= 4 is 0 Å². The Kier molecular flexibility index (Phi) is 4.35. The maximum Gasteiger partial charge on any atom is 0.0672 e. The summed E-state index contributed by atoms with van der Waals surface area (Å²) in [6.07, 6.45) is 8.39. The van der Waals surface area contributed by atoms with Gasteiger partial charge in [0, 0.05) is 0 Å². The number of nitrogens with two attached hydrogens (primary N) is 1. The second-order valence-electron chi connectivity index (χ2n) is 4.68. The summed E-state index contributed by atoms with van der Waals surface area (Å²) in [6.45, 7) is 2.20. The van der Waals surface area contributed by atoms with Crippen LogP contribution in [-0.4, -0.2) is 0 Å². The Morgan fingerprint density at radius 3 is 2.76 bits per heavy atom. The molecule has 2 nitrogen and oxygen atoms in total. The van der Waals surface area contributed by atoms with Gasteiger partial charge in [-0.3, -0.25) is 5.84 Å². The van der Waals surface area contributed by atoms with Crippen molar-refractivity contribution in [2.75, 3.05) is 0 Å². The van der Waals surface area contributed by atoms with Gasteiger partial charge in [-0.15, -0.1) is 0 Å². The molecule has 0 spiro atoms. The molecule has 1 aliphatic rings. The summed E-state index contributed by atoms with van der Waals surface area (Å²) in [4.78, 5) is 0. The van der Waals surface area contributed by atoms with Gasteiger partial charge in [0.2, 0.25) is 0 Å². The van der Waals surface area contributed by atoms with Gasteiger partial charge in [-0.1, -0.05) is 42.8 Å². The van der Waals surface area contributed by atoms with Crippen LogP contribution in [0.25, 0.3) is 0 Å². The van der Waals surface area contributed by atoms with Crippen LogP contribution in [0.2, 0.25) is 0 Å². The minimum Gasteiger partial charge on any atom is -0.271 e. The fourth-order valence-corrected chi connectivity index (χ4v) is 2.66. The minimum atomic E-state index is 0.200. The van der Waals surface area contributed by atoms with Gasteiger partial charge in [0.25, 0.3) is 0 Å². The topological polar surface area (TPSA) is 38.0 Å². The molecule has 0 saturated heterocycles. The first-order valence-electron chi connectivity index (χ1n) is 6.59. The molecule has 1 unspecified atom stereocenters. The summed E-state index contributed by atoms with van der Waals surface area (Å²) in [5.41, 5.74) is 7.18. The number of rotatable bonds is 4. The molecule has 3 N–H and O–H groups in total. The maximum atomic E-state index is 5.77. The Bertz CT molecular complexity index is 396. The minimum absolute atomic E-state index is 0.200. The highest BCUT2D eigenvalue weighted by molar-refractivity contribution is 5.35. The molecule has 2 rings (SSSR count). The van der Waals surface area contributed by atoms with Gasteiger partial charge >= 0.3 is 0 Å². The average molecular weight is 230 g/mol. The van der Waals surface area contributed by atoms with E-state index in [1.807, 2.05) is 0 Å². The average Bonchev–Trinajstić information content (AvgIpc) is 2.41. The van der Waals surface area contributed by atoms with Gasteiger partial charge in [-0.05, 0) is 43.2 Å². The van der Waals surface area contributed by atoms with Crippen molar-refractivity contribution in [3.05, 3.63) is 47.0 Å². The molecule has 0 fully saturated rings. The van der Waals surface area contributed by atoms with Crippen LogP contribution in [-0.2, 0) is 6.42 Å². The first-order chi connectivity index (χ1) is 8.36. The fourth-order valence-electron chi connectivity index (χ4n) is 2.66. The summed E-state index contributed by atoms with van der Waals surface area (Å²) in [6, 6.07) is 8.79. The molecule has 0 heterocycles. The Morgan fingerprint density at radius 2 is 2.12 bits per heavy atom. The van der Waals surface area contributed by atoms with E-state index in [-0.39, 0.29) is 6.04 Å². The molecule has 0 radical (unpaired) electrons. The number of aryl methyl sites for hydroxylation is 1. The van der Waals surface area contributed by atoms with Crippen LogP contribution in [0.5, 0.6) is 0 Å². The highest BCUT2D eigenvalue weighted by Gasteiger charge is 2.18. The van der Waals surface area contributed by atoms with E-state index >= 15 is 0 Å². The molecular formula is C15H22N2. The summed E-state index contributed by atoms with van der Waals surface area (Å²) in [5, 5.41) is 0. The summed E-state index contributed by atoms with van der Waals surface area (Å²) >= 11 is 0. The Morgan fingerprint density at radius 1 is 1.29 bits per heavy atom. The molecule has 1 aromatic carbocycles. The van der Waals surface area contributed by atoms with Crippen LogP contribution in [0, 0.1) is 0 Å². The number of benzene rings is 1. The van der Waals surface area contributed by atoms with E-state index in [1.54, 1.807) is 0 Å². The number of nitrogens with one attached hydrogen (secondary N) is 1. The first-order valence-corrected chi connectivity index (χ1v) is 6.59. The van der Waals surface area contributed by atoms with Gasteiger partial charge < -0.3 is 0 Å². The van der Waals surface area contributed by atoms with Crippen molar-refractivity contribution in [1.29, 1.82) is 0 Å². The molecule has 2 heteroatoms. The normalized spacial score (nSPS) is 17.6. The summed E-state index contributed by atoms with van der Waals surface area (Å²) in [7, 11) is 0. The van der Waals surface area contributed by atoms with Crippen LogP contribution >= 0.6 is 0 Å². The summed E-state index contributed by atoms with van der Waals surface area (Å²) in [5.74, 6) is 5.77. The van der Waals surface area contributed by atoms with Crippen molar-refractivity contribution in [2.45, 2.75) is 45.1 Å². The van der Waals surface area contributed by atoms with E-state index in [2.05, 4.69) is 42.7 Å². The number of allylic oxidation sites excluding steroid dienone is 1. The van der Waals surface area contributed by atoms with Crippen LogP contribution in [0.1, 0.15) is 49.8 Å². The lowest BCUT2D eigenvalue weighted by Gasteiger charge is -2.24. The predicted molar refractivity (Wildman–Crippen MR) is 72.4 cm³/mol. The van der Waals surface area contributed by atoms with E-state index < -0.39 is 0 Å². The predicted octanol–water partition coefficient (Wildman–Crippen LogP) is 3.25. The largest absolute Gasteiger partial charge is 0.271 e. The lowest BCUT2D eigenvalue weighted by atomic mass is 9.87. The monoisotopic (exact) mass is 230 g/mol. The smallest absolute Gasteiger partial charge is 0.0672 e. The highest BCUT2D eigenvalue weighted by Crippen LogP contribution is 2.31. The zero-order valence-corrected chi connectivity index (χ0v) is 10.6. The number of hydrogen-bond acceptors (Lipinski definition) is 2. The fraction of sp³-hybridized carbons (Fsp3) is 0.467. The molecule has 0 aliphatic heterocycles. The standard InChI is InChI=1S/C15H22N2/c1-2-12-8-6-7-11-14(12)15(17-16)13-9-4-3-5-10-13/h6-9,11,15,17H,2-5,10,16H2,1H3. The van der Waals surface area contributed by atoms with Crippen molar-refractivity contribution in [3.63, 3.8) is 0 Å². The summed E-state index contributed by atoms with van der Waals surface area (Å²) < 4.78 is 0. The molecule has 92 valence electrons. The molecular weight excluding hydrogens is 208 g/mol. The second-order valence-corrected chi connectivity index (χ2v) is 4.68. The van der Waals surface area contributed by atoms with E-state index in [4.69, 9.17) is 5.84 Å². The van der Waals surface area contributed by atoms with Crippen molar-refractivity contribution in [1.82, 2.24) is 5.43 Å². The maximum absolute atomic E-state index is 5.77. The molecule has 17 heavy (non-hydrogen) atoms. The van der Waals surface area contributed by atoms with E-state index in [9.17, 15) is 0 Å². The van der Waals surface area contributed by atoms with Crippen LogP contribution in [0.3, 0.4) is 0 Å². The van der Waals surface area contributed by atoms with Crippen LogP contribution < -0.4 is 11.3 Å². The second kappa shape index (κ2) is 5.99. The highest BCUT2D eigenvalue weighted by atomic mass is 15.2. The van der Waals surface area contributed by atoms with E-state index in [0.717, 1.165) is 6.42 Å². The van der Waals surface area contributed by atoms with Gasteiger partial charge in [0.1, 0.15) is 0 Å². The van der Waals surface area contributed by atoms with E-state index in [0.29, 0.717) is 0 Å². The van der Waals surface area contributed by atoms with Gasteiger partial charge in [0.05, 0.1) is 6.04 Å². The Hall–Kier alpha value is -1.12. The molecule has 0 saturated carbocycles. The third kappa shape index (κ3) is 2.76. The molecule has 1 aliphatic carbocycles. The van der Waals surface area contributed by atoms with Crippen LogP contribution in [0.4, 0.5) is 0 Å². The van der Waals surface area contributed by atoms with Crippen molar-refractivity contribution < 1.29 is 0 Å². The number of hydrogen-bond donors (Lipinski definition) is 2. The third-order valence-electron chi connectivity index (χ3n) is 3.61. The lowest BCUT2D eigenvalue weighted by Crippen LogP contribution is -2.30. The van der Waals surface area contributed by atoms with Crippen molar-refractivity contribution in [2.24, 2.45) is 5.84 Å². The van der Waals surface area contributed by atoms with Gasteiger partial charge in [-0.25, -0.2) is 5.43 Å². The molecule has 0 aromatic heterocycles. The molecule has 1 aromatic rings. The molecule has 0 bridgehead atoms. The van der Waals surface area contributed by atoms with Crippen molar-refractivity contribution in [3.8, 4) is 0 Å². The Balaban J connectivity index is 2.31. The van der Waals surface area contributed by atoms with Crippen LogP contribution in [0.15, 0.2) is 35.9 Å². The van der Waals surface area contributed by atoms with Gasteiger partial charge in [-0.2, -0.15) is 0 Å². The quantitative estimate of drug-likeness (QED) is 0.473. The Labute approximate surface area is 104 Å². The SMILES string of the molecule is CCc1ccccc1C(NN)C1=CCCCC1. The zero-order chi connectivity index (χ0) is 12.1. The van der Waals surface area contributed by atoms with E-state index in [1.165, 1.54) is 42.4 Å². The lowest BCUT2D eigenvalue weighted by molar-refractivity contribution is 0.562. The number of hydrazine groups is 1. The molecule has 0 amide bonds.